The van der Waals surface area contributed by atoms with Crippen molar-refractivity contribution in [3.8, 4) is 22.3 Å². The molecule has 51 heavy (non-hydrogen) atoms. The molecule has 3 heteroatoms. The van der Waals surface area contributed by atoms with Gasteiger partial charge in [-0.05, 0) is 89.0 Å². The van der Waals surface area contributed by atoms with Crippen LogP contribution in [0, 0.1) is 0 Å². The minimum absolute atomic E-state index is 1.12. The third-order valence-electron chi connectivity index (χ3n) is 10.5. The Morgan fingerprint density at radius 3 is 1.47 bits per heavy atom. The van der Waals surface area contributed by atoms with Gasteiger partial charge in [0.2, 0.25) is 0 Å². The second kappa shape index (κ2) is 11.0. The van der Waals surface area contributed by atoms with Crippen LogP contribution in [-0.2, 0) is 0 Å². The molecule has 0 saturated heterocycles. The number of fused-ring (bicyclic) bond motifs is 9. The number of anilines is 3. The normalized spacial score (nSPS) is 11.9. The van der Waals surface area contributed by atoms with Crippen molar-refractivity contribution < 1.29 is 0 Å². The fourth-order valence-electron chi connectivity index (χ4n) is 8.15. The molecular formula is C48H30N2S. The number of thiophene rings is 1. The van der Waals surface area contributed by atoms with E-state index in [1.54, 1.807) is 0 Å². The lowest BCUT2D eigenvalue weighted by Gasteiger charge is -2.26. The van der Waals surface area contributed by atoms with Crippen LogP contribution in [-0.4, -0.2) is 4.40 Å². The molecule has 0 saturated carbocycles. The van der Waals surface area contributed by atoms with Crippen molar-refractivity contribution in [2.24, 2.45) is 0 Å². The Kier molecular flexibility index (Phi) is 6.16. The molecule has 0 atom stereocenters. The van der Waals surface area contributed by atoms with Crippen LogP contribution in [0.4, 0.5) is 17.1 Å². The Balaban J connectivity index is 1.06. The lowest BCUT2D eigenvalue weighted by Crippen LogP contribution is -2.09. The highest BCUT2D eigenvalue weighted by atomic mass is 32.1. The van der Waals surface area contributed by atoms with Crippen LogP contribution in [0.2, 0.25) is 0 Å². The van der Waals surface area contributed by atoms with Crippen LogP contribution in [0.5, 0.6) is 0 Å². The zero-order chi connectivity index (χ0) is 33.5. The third kappa shape index (κ3) is 4.35. The average molecular weight is 667 g/mol. The lowest BCUT2D eigenvalue weighted by atomic mass is 9.99. The van der Waals surface area contributed by atoms with Gasteiger partial charge in [-0.1, -0.05) is 115 Å². The minimum Gasteiger partial charge on any atom is -0.310 e. The first-order valence-corrected chi connectivity index (χ1v) is 18.2. The number of benzene rings is 8. The van der Waals surface area contributed by atoms with Gasteiger partial charge in [-0.3, -0.25) is 0 Å². The Morgan fingerprint density at radius 2 is 0.824 bits per heavy atom. The molecule has 3 heterocycles. The smallest absolute Gasteiger partial charge is 0.0620 e. The molecule has 0 aliphatic carbocycles. The van der Waals surface area contributed by atoms with Crippen LogP contribution in [0.1, 0.15) is 0 Å². The van der Waals surface area contributed by atoms with Gasteiger partial charge in [0.25, 0.3) is 0 Å². The largest absolute Gasteiger partial charge is 0.310 e. The van der Waals surface area contributed by atoms with Crippen molar-refractivity contribution in [2.75, 3.05) is 4.90 Å². The quantitative estimate of drug-likeness (QED) is 0.177. The highest BCUT2D eigenvalue weighted by molar-refractivity contribution is 7.25. The second-order valence-corrected chi connectivity index (χ2v) is 14.4. The van der Waals surface area contributed by atoms with E-state index in [1.807, 2.05) is 11.3 Å². The molecule has 0 aliphatic heterocycles. The number of rotatable bonds is 5. The minimum atomic E-state index is 1.12. The maximum atomic E-state index is 2.44. The molecule has 0 bridgehead atoms. The highest BCUT2D eigenvalue weighted by Gasteiger charge is 2.19. The first kappa shape index (κ1) is 28.4. The van der Waals surface area contributed by atoms with Gasteiger partial charge in [-0.15, -0.1) is 11.3 Å². The number of para-hydroxylation sites is 2. The molecule has 11 aromatic rings. The summed E-state index contributed by atoms with van der Waals surface area (Å²) in [5.74, 6) is 0. The summed E-state index contributed by atoms with van der Waals surface area (Å²) in [5.41, 5.74) is 12.1. The highest BCUT2D eigenvalue weighted by Crippen LogP contribution is 2.44. The SMILES string of the molecule is c1ccc(-c2ccc(N(c3ccc(-c4cc5c6ccccc6n6c7ccccc7c(c4)c56)cc3)c3ccc4c(c3)sc3ccccc34)cc2)cc1. The lowest BCUT2D eigenvalue weighted by molar-refractivity contribution is 1.29. The van der Waals surface area contributed by atoms with Crippen LogP contribution in [0.25, 0.3) is 80.5 Å². The van der Waals surface area contributed by atoms with Gasteiger partial charge >= 0.3 is 0 Å². The standard InChI is InChI=1S/C48H30N2S/c1-2-10-31(11-3-1)32-18-22-35(23-19-32)49(37-26-27-41-40-14-6-9-17-46(40)51-47(41)30-37)36-24-20-33(21-25-36)34-28-42-38-12-4-7-15-44(38)50-45-16-8-5-13-39(45)43(29-34)48(42)50/h1-30H. The number of aromatic nitrogens is 1. The summed E-state index contributed by atoms with van der Waals surface area (Å²) in [5, 5.41) is 7.82. The Morgan fingerprint density at radius 1 is 0.333 bits per heavy atom. The van der Waals surface area contributed by atoms with E-state index in [0.29, 0.717) is 0 Å². The zero-order valence-electron chi connectivity index (χ0n) is 27.6. The van der Waals surface area contributed by atoms with E-state index in [1.165, 1.54) is 80.5 Å². The van der Waals surface area contributed by atoms with Gasteiger partial charge < -0.3 is 9.30 Å². The monoisotopic (exact) mass is 666 g/mol. The van der Waals surface area contributed by atoms with Crippen LogP contribution < -0.4 is 4.90 Å². The van der Waals surface area contributed by atoms with Crippen molar-refractivity contribution in [3.63, 3.8) is 0 Å². The average Bonchev–Trinajstić information content (AvgIpc) is 3.85. The van der Waals surface area contributed by atoms with E-state index in [4.69, 9.17) is 0 Å². The number of hydrogen-bond donors (Lipinski definition) is 0. The van der Waals surface area contributed by atoms with Crippen molar-refractivity contribution >= 4 is 86.7 Å². The topological polar surface area (TPSA) is 7.65 Å². The summed E-state index contributed by atoms with van der Waals surface area (Å²) in [7, 11) is 0. The van der Waals surface area contributed by atoms with Gasteiger partial charge in [-0.2, -0.15) is 0 Å². The molecule has 2 nitrogen and oxygen atoms in total. The molecule has 8 aromatic carbocycles. The first-order valence-electron chi connectivity index (χ1n) is 17.4. The van der Waals surface area contributed by atoms with Gasteiger partial charge in [-0.25, -0.2) is 0 Å². The molecule has 238 valence electrons. The molecular weight excluding hydrogens is 637 g/mol. The molecule has 3 aromatic heterocycles. The molecule has 0 radical (unpaired) electrons. The van der Waals surface area contributed by atoms with E-state index < -0.39 is 0 Å². The first-order chi connectivity index (χ1) is 25.3. The zero-order valence-corrected chi connectivity index (χ0v) is 28.4. The van der Waals surface area contributed by atoms with Crippen molar-refractivity contribution in [1.82, 2.24) is 4.40 Å². The van der Waals surface area contributed by atoms with E-state index in [-0.39, 0.29) is 0 Å². The second-order valence-electron chi connectivity index (χ2n) is 13.4. The fourth-order valence-corrected chi connectivity index (χ4v) is 9.29. The summed E-state index contributed by atoms with van der Waals surface area (Å²) in [6, 6.07) is 66.6. The van der Waals surface area contributed by atoms with Crippen LogP contribution >= 0.6 is 11.3 Å². The van der Waals surface area contributed by atoms with E-state index >= 15 is 0 Å². The molecule has 0 N–H and O–H groups in total. The predicted molar refractivity (Wildman–Crippen MR) is 220 cm³/mol. The molecule has 0 unspecified atom stereocenters. The summed E-state index contributed by atoms with van der Waals surface area (Å²) in [4.78, 5) is 2.38. The predicted octanol–water partition coefficient (Wildman–Crippen LogP) is 14.0. The van der Waals surface area contributed by atoms with Crippen LogP contribution in [0.15, 0.2) is 182 Å². The Bertz CT molecular complexity index is 2980. The van der Waals surface area contributed by atoms with Gasteiger partial charge in [0.05, 0.1) is 16.6 Å². The van der Waals surface area contributed by atoms with E-state index in [2.05, 4.69) is 191 Å². The number of nitrogens with zero attached hydrogens (tertiary/aromatic N) is 2. The molecule has 0 amide bonds. The van der Waals surface area contributed by atoms with Crippen molar-refractivity contribution in [3.05, 3.63) is 182 Å². The van der Waals surface area contributed by atoms with Gasteiger partial charge in [0.15, 0.2) is 0 Å². The third-order valence-corrected chi connectivity index (χ3v) is 11.6. The van der Waals surface area contributed by atoms with Crippen LogP contribution in [0.3, 0.4) is 0 Å². The van der Waals surface area contributed by atoms with E-state index in [9.17, 15) is 0 Å². The molecule has 0 aliphatic rings. The van der Waals surface area contributed by atoms with Gasteiger partial charge in [0.1, 0.15) is 0 Å². The summed E-state index contributed by atoms with van der Waals surface area (Å²) in [6.07, 6.45) is 0. The molecule has 0 spiro atoms. The van der Waals surface area contributed by atoms with E-state index in [0.717, 1.165) is 17.1 Å². The number of hydrogen-bond acceptors (Lipinski definition) is 2. The van der Waals surface area contributed by atoms with Gasteiger partial charge in [0, 0.05) is 58.8 Å². The summed E-state index contributed by atoms with van der Waals surface area (Å²) in [6.45, 7) is 0. The maximum absolute atomic E-state index is 2.44. The van der Waals surface area contributed by atoms with Crippen molar-refractivity contribution in [1.29, 1.82) is 0 Å². The molecule has 11 rings (SSSR count). The summed E-state index contributed by atoms with van der Waals surface area (Å²) >= 11 is 1.86. The molecule has 0 fully saturated rings. The Hall–Kier alpha value is -6.42. The summed E-state index contributed by atoms with van der Waals surface area (Å²) < 4.78 is 5.05. The van der Waals surface area contributed by atoms with Crippen molar-refractivity contribution in [2.45, 2.75) is 0 Å². The maximum Gasteiger partial charge on any atom is 0.0620 e. The fraction of sp³-hybridized carbons (Fsp3) is 0. The Labute approximate surface area is 299 Å².